The lowest BCUT2D eigenvalue weighted by molar-refractivity contribution is -0.140. The second kappa shape index (κ2) is 13.2. The van der Waals surface area contributed by atoms with E-state index in [1.54, 1.807) is 42.3 Å². The Morgan fingerprint density at radius 3 is 2.40 bits per heavy atom. The standard InChI is InChI=1S/C31H40N2O7/c1-20(2)19-40-23-8-9-24(21(3)17-23)29(34)27-28(22-7-10-25(37-4)26(18-22)38-5)33(31(36)30(27)35)12-6-11-32-13-15-39-16-14-32/h7-10,17-18,20,28,34H,6,11-16,19H2,1-5H3/b29-27+/t28-/m0/s1. The smallest absolute Gasteiger partial charge is 0.295 e. The van der Waals surface area contributed by atoms with Gasteiger partial charge in [-0.05, 0) is 60.7 Å². The molecule has 0 spiro atoms. The number of carbonyl (C=O) groups is 2. The predicted octanol–water partition coefficient (Wildman–Crippen LogP) is 4.19. The summed E-state index contributed by atoms with van der Waals surface area (Å²) < 4.78 is 22.2. The summed E-state index contributed by atoms with van der Waals surface area (Å²) in [6.07, 6.45) is 0.678. The molecule has 1 amide bonds. The fourth-order valence-electron chi connectivity index (χ4n) is 5.17. The van der Waals surface area contributed by atoms with Gasteiger partial charge in [-0.25, -0.2) is 0 Å². The van der Waals surface area contributed by atoms with E-state index in [9.17, 15) is 14.7 Å². The summed E-state index contributed by atoms with van der Waals surface area (Å²) in [7, 11) is 3.08. The third kappa shape index (κ3) is 6.42. The van der Waals surface area contributed by atoms with E-state index in [0.29, 0.717) is 67.1 Å². The minimum atomic E-state index is -0.777. The third-order valence-electron chi connectivity index (χ3n) is 7.28. The van der Waals surface area contributed by atoms with Crippen LogP contribution in [0.2, 0.25) is 0 Å². The second-order valence-corrected chi connectivity index (χ2v) is 10.6. The molecule has 2 saturated heterocycles. The number of amides is 1. The summed E-state index contributed by atoms with van der Waals surface area (Å²) in [5.74, 6) is 0.518. The molecule has 0 unspecified atom stereocenters. The quantitative estimate of drug-likeness (QED) is 0.252. The molecule has 1 N–H and O–H groups in total. The number of ether oxygens (including phenoxy) is 4. The van der Waals surface area contributed by atoms with Crippen LogP contribution in [-0.2, 0) is 14.3 Å². The molecular weight excluding hydrogens is 512 g/mol. The van der Waals surface area contributed by atoms with E-state index in [1.165, 1.54) is 7.11 Å². The van der Waals surface area contributed by atoms with Crippen LogP contribution >= 0.6 is 0 Å². The van der Waals surface area contributed by atoms with Gasteiger partial charge in [0.15, 0.2) is 11.5 Å². The number of rotatable bonds is 11. The number of morpholine rings is 1. The number of methoxy groups -OCH3 is 2. The number of carbonyl (C=O) groups excluding carboxylic acids is 2. The van der Waals surface area contributed by atoms with Gasteiger partial charge in [0, 0.05) is 31.7 Å². The zero-order chi connectivity index (χ0) is 28.8. The van der Waals surface area contributed by atoms with Gasteiger partial charge in [-0.15, -0.1) is 0 Å². The monoisotopic (exact) mass is 552 g/mol. The molecule has 2 heterocycles. The molecule has 1 atom stereocenters. The van der Waals surface area contributed by atoms with Crippen molar-refractivity contribution < 1.29 is 33.6 Å². The summed E-state index contributed by atoms with van der Waals surface area (Å²) in [5, 5.41) is 11.6. The molecule has 2 fully saturated rings. The molecule has 0 bridgehead atoms. The molecule has 216 valence electrons. The normalized spacial score (nSPS) is 19.4. The highest BCUT2D eigenvalue weighted by molar-refractivity contribution is 6.46. The van der Waals surface area contributed by atoms with E-state index >= 15 is 0 Å². The van der Waals surface area contributed by atoms with E-state index in [-0.39, 0.29) is 11.3 Å². The van der Waals surface area contributed by atoms with Crippen molar-refractivity contribution >= 4 is 17.4 Å². The second-order valence-electron chi connectivity index (χ2n) is 10.6. The van der Waals surface area contributed by atoms with Crippen LogP contribution in [0.15, 0.2) is 42.0 Å². The maximum atomic E-state index is 13.5. The van der Waals surface area contributed by atoms with Gasteiger partial charge < -0.3 is 29.0 Å². The number of hydrogen-bond acceptors (Lipinski definition) is 8. The Kier molecular flexibility index (Phi) is 9.71. The van der Waals surface area contributed by atoms with Crippen molar-refractivity contribution in [2.75, 3.05) is 60.2 Å². The van der Waals surface area contributed by atoms with E-state index in [0.717, 1.165) is 25.2 Å². The lowest BCUT2D eigenvalue weighted by Gasteiger charge is -2.29. The summed E-state index contributed by atoms with van der Waals surface area (Å²) in [4.78, 5) is 30.8. The molecule has 9 nitrogen and oxygen atoms in total. The number of benzene rings is 2. The predicted molar refractivity (Wildman–Crippen MR) is 152 cm³/mol. The van der Waals surface area contributed by atoms with Gasteiger partial charge in [0.2, 0.25) is 0 Å². The van der Waals surface area contributed by atoms with E-state index in [1.807, 2.05) is 13.0 Å². The summed E-state index contributed by atoms with van der Waals surface area (Å²) in [6.45, 7) is 10.8. The number of nitrogens with zero attached hydrogens (tertiary/aromatic N) is 2. The van der Waals surface area contributed by atoms with Crippen molar-refractivity contribution in [3.63, 3.8) is 0 Å². The van der Waals surface area contributed by atoms with Crippen LogP contribution < -0.4 is 14.2 Å². The minimum absolute atomic E-state index is 0.0579. The number of aryl methyl sites for hydroxylation is 1. The van der Waals surface area contributed by atoms with Crippen molar-refractivity contribution in [1.82, 2.24) is 9.80 Å². The summed E-state index contributed by atoms with van der Waals surface area (Å²) in [5.41, 5.74) is 1.93. The van der Waals surface area contributed by atoms with Gasteiger partial charge in [0.1, 0.15) is 11.5 Å². The Hall–Kier alpha value is -3.56. The minimum Gasteiger partial charge on any atom is -0.507 e. The number of aliphatic hydroxyl groups is 1. The Morgan fingerprint density at radius 2 is 1.75 bits per heavy atom. The molecular formula is C31H40N2O7. The Labute approximate surface area is 236 Å². The first-order valence-corrected chi connectivity index (χ1v) is 13.8. The van der Waals surface area contributed by atoms with Gasteiger partial charge in [0.05, 0.1) is 45.7 Å². The van der Waals surface area contributed by atoms with Gasteiger partial charge in [-0.2, -0.15) is 0 Å². The van der Waals surface area contributed by atoms with E-state index in [4.69, 9.17) is 18.9 Å². The Balaban J connectivity index is 1.72. The molecule has 2 aromatic rings. The number of hydrogen-bond donors (Lipinski definition) is 1. The maximum absolute atomic E-state index is 13.5. The third-order valence-corrected chi connectivity index (χ3v) is 7.28. The zero-order valence-corrected chi connectivity index (χ0v) is 24.1. The van der Waals surface area contributed by atoms with Crippen LogP contribution in [0.5, 0.6) is 17.2 Å². The number of Topliss-reactive ketones (excluding diaryl/α,β-unsaturated/α-hetero) is 1. The van der Waals surface area contributed by atoms with Gasteiger partial charge in [0.25, 0.3) is 11.7 Å². The van der Waals surface area contributed by atoms with Crippen molar-refractivity contribution in [3.8, 4) is 17.2 Å². The summed E-state index contributed by atoms with van der Waals surface area (Å²) in [6, 6.07) is 9.87. The molecule has 9 heteroatoms. The van der Waals surface area contributed by atoms with Crippen LogP contribution in [-0.4, -0.2) is 86.8 Å². The lowest BCUT2D eigenvalue weighted by Crippen LogP contribution is -2.39. The van der Waals surface area contributed by atoms with Crippen molar-refractivity contribution in [1.29, 1.82) is 0 Å². The van der Waals surface area contributed by atoms with Crippen LogP contribution in [0.1, 0.15) is 43.0 Å². The topological polar surface area (TPSA) is 97.8 Å². The van der Waals surface area contributed by atoms with Crippen LogP contribution in [0.4, 0.5) is 0 Å². The highest BCUT2D eigenvalue weighted by atomic mass is 16.5. The lowest BCUT2D eigenvalue weighted by atomic mass is 9.93. The average molecular weight is 553 g/mol. The first-order chi connectivity index (χ1) is 19.2. The number of ketones is 1. The molecule has 40 heavy (non-hydrogen) atoms. The first-order valence-electron chi connectivity index (χ1n) is 13.8. The van der Waals surface area contributed by atoms with Crippen LogP contribution in [0, 0.1) is 12.8 Å². The van der Waals surface area contributed by atoms with Crippen molar-refractivity contribution in [2.45, 2.75) is 33.2 Å². The van der Waals surface area contributed by atoms with Gasteiger partial charge in [-0.3, -0.25) is 14.5 Å². The molecule has 2 aliphatic heterocycles. The molecule has 0 radical (unpaired) electrons. The number of aliphatic hydroxyl groups excluding tert-OH is 1. The molecule has 0 aromatic heterocycles. The van der Waals surface area contributed by atoms with Crippen molar-refractivity contribution in [3.05, 3.63) is 58.7 Å². The largest absolute Gasteiger partial charge is 0.507 e. The average Bonchev–Trinajstić information content (AvgIpc) is 3.21. The summed E-state index contributed by atoms with van der Waals surface area (Å²) >= 11 is 0. The highest BCUT2D eigenvalue weighted by Crippen LogP contribution is 2.42. The SMILES string of the molecule is COc1ccc([C@H]2/C(=C(\O)c3ccc(OCC(C)C)cc3C)C(=O)C(=O)N2CCCN2CCOCC2)cc1OC. The van der Waals surface area contributed by atoms with E-state index < -0.39 is 17.7 Å². The zero-order valence-electron chi connectivity index (χ0n) is 24.1. The Bertz CT molecular complexity index is 1250. The molecule has 4 rings (SSSR count). The molecule has 0 aliphatic carbocycles. The fourth-order valence-corrected chi connectivity index (χ4v) is 5.17. The number of likely N-dealkylation sites (tertiary alicyclic amines) is 1. The molecule has 2 aromatic carbocycles. The van der Waals surface area contributed by atoms with Crippen molar-refractivity contribution in [2.24, 2.45) is 5.92 Å². The van der Waals surface area contributed by atoms with E-state index in [2.05, 4.69) is 18.7 Å². The molecule has 2 aliphatic rings. The molecule has 0 saturated carbocycles. The maximum Gasteiger partial charge on any atom is 0.295 e. The first kappa shape index (κ1) is 29.4. The van der Waals surface area contributed by atoms with Gasteiger partial charge >= 0.3 is 0 Å². The fraction of sp³-hybridized carbons (Fsp3) is 0.484. The van der Waals surface area contributed by atoms with Crippen LogP contribution in [0.3, 0.4) is 0 Å². The van der Waals surface area contributed by atoms with Gasteiger partial charge in [-0.1, -0.05) is 19.9 Å². The Morgan fingerprint density at radius 1 is 1.02 bits per heavy atom. The van der Waals surface area contributed by atoms with Crippen LogP contribution in [0.25, 0.3) is 5.76 Å². The highest BCUT2D eigenvalue weighted by Gasteiger charge is 2.46.